The van der Waals surface area contributed by atoms with Gasteiger partial charge in [0.25, 0.3) is 0 Å². The summed E-state index contributed by atoms with van der Waals surface area (Å²) < 4.78 is 1.97. The first-order valence-corrected chi connectivity index (χ1v) is 9.87. The maximum Gasteiger partial charge on any atom is 0.194 e. The number of rotatable bonds is 5. The molecule has 2 aromatic carbocycles. The third-order valence-electron chi connectivity index (χ3n) is 3.84. The van der Waals surface area contributed by atoms with E-state index in [2.05, 4.69) is 10.1 Å². The highest BCUT2D eigenvalue weighted by Gasteiger charge is 2.08. The maximum atomic E-state index is 5.99. The van der Waals surface area contributed by atoms with Crippen LogP contribution in [-0.2, 0) is 11.4 Å². The summed E-state index contributed by atoms with van der Waals surface area (Å²) in [5, 5.41) is 5.75. The molecule has 0 spiro atoms. The van der Waals surface area contributed by atoms with Crippen molar-refractivity contribution in [2.75, 3.05) is 0 Å². The van der Waals surface area contributed by atoms with Crippen LogP contribution < -0.4 is 0 Å². The molecule has 27 heavy (non-hydrogen) atoms. The van der Waals surface area contributed by atoms with Gasteiger partial charge in [0.05, 0.1) is 33.0 Å². The zero-order valence-electron chi connectivity index (χ0n) is 13.8. The first-order valence-electron chi connectivity index (χ1n) is 7.92. The van der Waals surface area contributed by atoms with E-state index in [-0.39, 0.29) is 0 Å². The summed E-state index contributed by atoms with van der Waals surface area (Å²) in [5.41, 5.74) is 2.81. The summed E-state index contributed by atoms with van der Waals surface area (Å²) >= 11 is 19.4. The zero-order valence-corrected chi connectivity index (χ0v) is 16.9. The molecule has 4 rings (SSSR count). The van der Waals surface area contributed by atoms with E-state index in [9.17, 15) is 0 Å². The van der Waals surface area contributed by atoms with Crippen molar-refractivity contribution in [2.24, 2.45) is 5.16 Å². The number of aromatic nitrogens is 2. The highest BCUT2D eigenvalue weighted by Crippen LogP contribution is 2.29. The van der Waals surface area contributed by atoms with Crippen molar-refractivity contribution in [1.82, 2.24) is 9.38 Å². The van der Waals surface area contributed by atoms with Crippen LogP contribution in [0.2, 0.25) is 15.1 Å². The van der Waals surface area contributed by atoms with E-state index in [0.717, 1.165) is 26.7 Å². The molecule has 0 unspecified atom stereocenters. The lowest BCUT2D eigenvalue weighted by molar-refractivity contribution is 0.132. The van der Waals surface area contributed by atoms with Gasteiger partial charge in [0.1, 0.15) is 6.61 Å². The van der Waals surface area contributed by atoms with Crippen molar-refractivity contribution in [1.29, 1.82) is 0 Å². The van der Waals surface area contributed by atoms with Crippen LogP contribution in [0.4, 0.5) is 0 Å². The highest BCUT2D eigenvalue weighted by atomic mass is 35.5. The molecule has 0 aliphatic heterocycles. The summed E-state index contributed by atoms with van der Waals surface area (Å²) in [6.45, 7) is 0.301. The van der Waals surface area contributed by atoms with Crippen molar-refractivity contribution in [3.05, 3.63) is 81.2 Å². The predicted molar refractivity (Wildman–Crippen MR) is 112 cm³/mol. The van der Waals surface area contributed by atoms with Crippen LogP contribution in [0, 0.1) is 0 Å². The molecule has 2 heterocycles. The van der Waals surface area contributed by atoms with Gasteiger partial charge in [-0.1, -0.05) is 69.5 Å². The SMILES string of the molecule is Clc1ccc(-c2cn3c(C=NOCc4ccc(Cl)c(Cl)c4)cnc3s2)cc1. The maximum absolute atomic E-state index is 5.99. The van der Waals surface area contributed by atoms with Gasteiger partial charge in [-0.25, -0.2) is 4.98 Å². The average molecular weight is 437 g/mol. The monoisotopic (exact) mass is 435 g/mol. The Balaban J connectivity index is 1.47. The Morgan fingerprint density at radius 2 is 1.89 bits per heavy atom. The molecule has 0 bridgehead atoms. The molecule has 4 aromatic rings. The van der Waals surface area contributed by atoms with Crippen molar-refractivity contribution < 1.29 is 4.84 Å². The molecule has 136 valence electrons. The van der Waals surface area contributed by atoms with E-state index in [1.165, 1.54) is 0 Å². The summed E-state index contributed by atoms with van der Waals surface area (Å²) in [4.78, 5) is 11.8. The fourth-order valence-corrected chi connectivity index (χ4v) is 3.90. The first-order chi connectivity index (χ1) is 13.1. The zero-order chi connectivity index (χ0) is 18.8. The molecule has 0 fully saturated rings. The van der Waals surface area contributed by atoms with E-state index in [0.29, 0.717) is 21.7 Å². The average Bonchev–Trinajstić information content (AvgIpc) is 3.24. The summed E-state index contributed by atoms with van der Waals surface area (Å²) in [5.74, 6) is 0. The first kappa shape index (κ1) is 18.3. The number of hydrogen-bond donors (Lipinski definition) is 0. The van der Waals surface area contributed by atoms with Crippen LogP contribution in [-0.4, -0.2) is 15.6 Å². The molecule has 0 aliphatic rings. The van der Waals surface area contributed by atoms with E-state index >= 15 is 0 Å². The molecular weight excluding hydrogens is 425 g/mol. The van der Waals surface area contributed by atoms with Gasteiger partial charge in [-0.15, -0.1) is 0 Å². The molecule has 0 saturated carbocycles. The molecule has 0 radical (unpaired) electrons. The normalized spacial score (nSPS) is 11.5. The van der Waals surface area contributed by atoms with Crippen LogP contribution in [0.3, 0.4) is 0 Å². The minimum absolute atomic E-state index is 0.301. The second kappa shape index (κ2) is 7.90. The lowest BCUT2D eigenvalue weighted by Crippen LogP contribution is -1.91. The van der Waals surface area contributed by atoms with Crippen LogP contribution in [0.25, 0.3) is 15.4 Å². The Morgan fingerprint density at radius 1 is 1.07 bits per heavy atom. The molecule has 2 aromatic heterocycles. The topological polar surface area (TPSA) is 38.9 Å². The Bertz CT molecular complexity index is 1120. The Kier molecular flexibility index (Phi) is 5.36. The van der Waals surface area contributed by atoms with Crippen LogP contribution in [0.1, 0.15) is 11.3 Å². The molecule has 0 N–H and O–H groups in total. The number of thiazole rings is 1. The van der Waals surface area contributed by atoms with Gasteiger partial charge in [0, 0.05) is 11.2 Å². The number of oxime groups is 1. The van der Waals surface area contributed by atoms with Crippen molar-refractivity contribution in [3.8, 4) is 10.4 Å². The van der Waals surface area contributed by atoms with Gasteiger partial charge in [-0.05, 0) is 35.4 Å². The summed E-state index contributed by atoms with van der Waals surface area (Å²) in [6, 6.07) is 13.1. The molecule has 8 heteroatoms. The molecule has 0 aliphatic carbocycles. The van der Waals surface area contributed by atoms with Crippen LogP contribution >= 0.6 is 46.1 Å². The smallest absolute Gasteiger partial charge is 0.194 e. The van der Waals surface area contributed by atoms with E-state index in [4.69, 9.17) is 39.6 Å². The number of halogens is 3. The number of benzene rings is 2. The third kappa shape index (κ3) is 4.12. The largest absolute Gasteiger partial charge is 0.391 e. The Labute approximate surface area is 174 Å². The van der Waals surface area contributed by atoms with E-state index in [1.807, 2.05) is 40.9 Å². The van der Waals surface area contributed by atoms with Gasteiger partial charge < -0.3 is 4.84 Å². The Hall–Kier alpha value is -2.05. The second-order valence-electron chi connectivity index (χ2n) is 5.69. The minimum Gasteiger partial charge on any atom is -0.391 e. The lowest BCUT2D eigenvalue weighted by Gasteiger charge is -2.01. The van der Waals surface area contributed by atoms with Gasteiger partial charge in [-0.2, -0.15) is 0 Å². The van der Waals surface area contributed by atoms with E-state index in [1.54, 1.807) is 35.9 Å². The molecule has 4 nitrogen and oxygen atoms in total. The second-order valence-corrected chi connectivity index (χ2v) is 7.95. The third-order valence-corrected chi connectivity index (χ3v) is 5.88. The van der Waals surface area contributed by atoms with Crippen molar-refractivity contribution >= 4 is 57.3 Å². The number of hydrogen-bond acceptors (Lipinski definition) is 4. The molecule has 0 atom stereocenters. The standard InChI is InChI=1S/C19H12Cl3N3OS/c20-14-4-2-13(3-5-14)18-10-25-15(8-23-19(25)27-18)9-24-26-11-12-1-6-16(21)17(22)7-12/h1-10H,11H2. The lowest BCUT2D eigenvalue weighted by atomic mass is 10.2. The van der Waals surface area contributed by atoms with Crippen molar-refractivity contribution in [3.63, 3.8) is 0 Å². The molecule has 0 amide bonds. The van der Waals surface area contributed by atoms with Crippen LogP contribution in [0.5, 0.6) is 0 Å². The number of nitrogens with zero attached hydrogens (tertiary/aromatic N) is 3. The minimum atomic E-state index is 0.301. The predicted octanol–water partition coefficient (Wildman–Crippen LogP) is 6.57. The molecule has 0 saturated heterocycles. The van der Waals surface area contributed by atoms with Gasteiger partial charge in [0.15, 0.2) is 4.96 Å². The van der Waals surface area contributed by atoms with Crippen molar-refractivity contribution in [2.45, 2.75) is 6.61 Å². The number of imidazole rings is 1. The highest BCUT2D eigenvalue weighted by molar-refractivity contribution is 7.20. The van der Waals surface area contributed by atoms with E-state index < -0.39 is 0 Å². The van der Waals surface area contributed by atoms with Gasteiger partial charge in [0.2, 0.25) is 0 Å². The quantitative estimate of drug-likeness (QED) is 0.262. The van der Waals surface area contributed by atoms with Gasteiger partial charge >= 0.3 is 0 Å². The fourth-order valence-electron chi connectivity index (χ4n) is 2.48. The summed E-state index contributed by atoms with van der Waals surface area (Å²) in [7, 11) is 0. The molecular formula is C19H12Cl3N3OS. The fraction of sp³-hybridized carbons (Fsp3) is 0.0526. The number of fused-ring (bicyclic) bond motifs is 1. The summed E-state index contributed by atoms with van der Waals surface area (Å²) in [6.07, 6.45) is 5.41. The Morgan fingerprint density at radius 3 is 2.67 bits per heavy atom. The van der Waals surface area contributed by atoms with Gasteiger partial charge in [-0.3, -0.25) is 4.40 Å². The van der Waals surface area contributed by atoms with Crippen LogP contribution in [0.15, 0.2) is 60.0 Å².